The van der Waals surface area contributed by atoms with E-state index in [1.54, 1.807) is 13.8 Å². The summed E-state index contributed by atoms with van der Waals surface area (Å²) in [6.45, 7) is 9.13. The Kier molecular flexibility index (Phi) is 6.40. The Balaban J connectivity index is 2.78. The van der Waals surface area contributed by atoms with E-state index in [-0.39, 0.29) is 5.92 Å². The van der Waals surface area contributed by atoms with E-state index in [9.17, 15) is 14.7 Å². The average Bonchev–Trinajstić information content (AvgIpc) is 2.47. The van der Waals surface area contributed by atoms with Gasteiger partial charge in [-0.1, -0.05) is 38.5 Å². The Morgan fingerprint density at radius 3 is 2.23 bits per heavy atom. The van der Waals surface area contributed by atoms with Gasteiger partial charge in [0.2, 0.25) is 0 Å². The van der Waals surface area contributed by atoms with Crippen molar-refractivity contribution in [1.82, 2.24) is 5.32 Å². The molecule has 3 unspecified atom stereocenters. The SMILES string of the molecule is CCC(C)C(NC(=O)C(C)Oc1c(C)cccc1C)C(=O)O. The van der Waals surface area contributed by atoms with Gasteiger partial charge in [0.1, 0.15) is 11.8 Å². The van der Waals surface area contributed by atoms with Gasteiger partial charge >= 0.3 is 5.97 Å². The fraction of sp³-hybridized carbons (Fsp3) is 0.529. The lowest BCUT2D eigenvalue weighted by Crippen LogP contribution is -2.49. The lowest BCUT2D eigenvalue weighted by molar-refractivity contribution is -0.144. The number of para-hydroxylation sites is 1. The van der Waals surface area contributed by atoms with Gasteiger partial charge in [0, 0.05) is 0 Å². The summed E-state index contributed by atoms with van der Waals surface area (Å²) in [6, 6.07) is 4.84. The van der Waals surface area contributed by atoms with Crippen LogP contribution in [0.1, 0.15) is 38.3 Å². The van der Waals surface area contributed by atoms with Crippen LogP contribution in [-0.2, 0) is 9.59 Å². The van der Waals surface area contributed by atoms with Crippen molar-refractivity contribution < 1.29 is 19.4 Å². The third-order valence-electron chi connectivity index (χ3n) is 3.85. The minimum absolute atomic E-state index is 0.145. The van der Waals surface area contributed by atoms with Crippen LogP contribution in [-0.4, -0.2) is 29.1 Å². The molecule has 2 N–H and O–H groups in total. The summed E-state index contributed by atoms with van der Waals surface area (Å²) in [5.74, 6) is -0.924. The molecule has 1 aromatic rings. The highest BCUT2D eigenvalue weighted by molar-refractivity contribution is 5.86. The van der Waals surface area contributed by atoms with Crippen molar-refractivity contribution >= 4 is 11.9 Å². The minimum atomic E-state index is -1.03. The molecule has 1 amide bonds. The summed E-state index contributed by atoms with van der Waals surface area (Å²) < 4.78 is 5.73. The molecule has 0 spiro atoms. The molecule has 0 saturated carbocycles. The monoisotopic (exact) mass is 307 g/mol. The van der Waals surface area contributed by atoms with Crippen LogP contribution in [0.2, 0.25) is 0 Å². The molecule has 5 heteroatoms. The molecule has 0 aliphatic rings. The summed E-state index contributed by atoms with van der Waals surface area (Å²) in [5, 5.41) is 11.8. The van der Waals surface area contributed by atoms with Crippen LogP contribution in [0.25, 0.3) is 0 Å². The zero-order chi connectivity index (χ0) is 16.9. The van der Waals surface area contributed by atoms with Crippen LogP contribution in [0.5, 0.6) is 5.75 Å². The number of aliphatic carboxylic acids is 1. The number of carbonyl (C=O) groups excluding carboxylic acids is 1. The number of carbonyl (C=O) groups is 2. The average molecular weight is 307 g/mol. The van der Waals surface area contributed by atoms with Gasteiger partial charge in [-0.05, 0) is 37.8 Å². The van der Waals surface area contributed by atoms with Crippen molar-refractivity contribution in [2.45, 2.75) is 53.2 Å². The topological polar surface area (TPSA) is 75.6 Å². The van der Waals surface area contributed by atoms with E-state index >= 15 is 0 Å². The molecule has 0 aromatic heterocycles. The third kappa shape index (κ3) is 4.48. The zero-order valence-corrected chi connectivity index (χ0v) is 13.8. The summed E-state index contributed by atoms with van der Waals surface area (Å²) in [7, 11) is 0. The van der Waals surface area contributed by atoms with Gasteiger partial charge in [-0.25, -0.2) is 4.79 Å². The van der Waals surface area contributed by atoms with E-state index in [1.807, 2.05) is 39.0 Å². The van der Waals surface area contributed by atoms with Gasteiger partial charge in [0.15, 0.2) is 6.10 Å². The Bertz CT molecular complexity index is 521. The number of hydrogen-bond donors (Lipinski definition) is 2. The van der Waals surface area contributed by atoms with Gasteiger partial charge in [0.25, 0.3) is 5.91 Å². The molecule has 1 rings (SSSR count). The third-order valence-corrected chi connectivity index (χ3v) is 3.85. The molecule has 3 atom stereocenters. The van der Waals surface area contributed by atoms with Crippen LogP contribution in [0.4, 0.5) is 0 Å². The second-order valence-corrected chi connectivity index (χ2v) is 5.69. The number of nitrogens with one attached hydrogen (secondary N) is 1. The highest BCUT2D eigenvalue weighted by Gasteiger charge is 2.28. The summed E-state index contributed by atoms with van der Waals surface area (Å²) in [4.78, 5) is 23.5. The lowest BCUT2D eigenvalue weighted by atomic mass is 9.99. The Hall–Kier alpha value is -2.04. The molecule has 0 aliphatic carbocycles. The Labute approximate surface area is 131 Å². The minimum Gasteiger partial charge on any atom is -0.480 e. The summed E-state index contributed by atoms with van der Waals surface area (Å²) >= 11 is 0. The quantitative estimate of drug-likeness (QED) is 0.812. The first kappa shape index (κ1) is 18.0. The van der Waals surface area contributed by atoms with Gasteiger partial charge in [0.05, 0.1) is 0 Å². The van der Waals surface area contributed by atoms with Crippen molar-refractivity contribution in [3.8, 4) is 5.75 Å². The van der Waals surface area contributed by atoms with Crippen molar-refractivity contribution in [3.05, 3.63) is 29.3 Å². The fourth-order valence-electron chi connectivity index (χ4n) is 2.17. The molecule has 0 bridgehead atoms. The fourth-order valence-corrected chi connectivity index (χ4v) is 2.17. The number of carboxylic acids is 1. The van der Waals surface area contributed by atoms with Crippen LogP contribution < -0.4 is 10.1 Å². The lowest BCUT2D eigenvalue weighted by Gasteiger charge is -2.23. The molecule has 1 aromatic carbocycles. The second-order valence-electron chi connectivity index (χ2n) is 5.69. The molecule has 0 saturated heterocycles. The maximum atomic E-state index is 12.2. The first-order valence-electron chi connectivity index (χ1n) is 7.54. The molecular weight excluding hydrogens is 282 g/mol. The van der Waals surface area contributed by atoms with Crippen LogP contribution in [0.3, 0.4) is 0 Å². The smallest absolute Gasteiger partial charge is 0.326 e. The molecule has 0 heterocycles. The Morgan fingerprint density at radius 1 is 1.23 bits per heavy atom. The number of amides is 1. The largest absolute Gasteiger partial charge is 0.480 e. The van der Waals surface area contributed by atoms with Crippen molar-refractivity contribution in [2.75, 3.05) is 0 Å². The molecular formula is C17H25NO4. The van der Waals surface area contributed by atoms with E-state index in [0.717, 1.165) is 11.1 Å². The first-order chi connectivity index (χ1) is 10.3. The molecule has 0 radical (unpaired) electrons. The van der Waals surface area contributed by atoms with Crippen molar-refractivity contribution in [3.63, 3.8) is 0 Å². The van der Waals surface area contributed by atoms with Gasteiger partial charge in [-0.15, -0.1) is 0 Å². The normalized spacial score (nSPS) is 14.8. The number of carboxylic acid groups (broad SMARTS) is 1. The highest BCUT2D eigenvalue weighted by atomic mass is 16.5. The van der Waals surface area contributed by atoms with Gasteiger partial charge in [-0.2, -0.15) is 0 Å². The van der Waals surface area contributed by atoms with E-state index in [4.69, 9.17) is 4.74 Å². The molecule has 122 valence electrons. The molecule has 22 heavy (non-hydrogen) atoms. The Morgan fingerprint density at radius 2 is 1.77 bits per heavy atom. The van der Waals surface area contributed by atoms with E-state index < -0.39 is 24.0 Å². The standard InChI is InChI=1S/C17H25NO4/c1-6-10(2)14(17(20)21)18-16(19)13(5)22-15-11(3)8-7-9-12(15)4/h7-10,13-14H,6H2,1-5H3,(H,18,19)(H,20,21). The van der Waals surface area contributed by atoms with Crippen molar-refractivity contribution in [2.24, 2.45) is 5.92 Å². The molecule has 0 aliphatic heterocycles. The number of ether oxygens (including phenoxy) is 1. The van der Waals surface area contributed by atoms with Crippen LogP contribution in [0.15, 0.2) is 18.2 Å². The predicted octanol–water partition coefficient (Wildman–Crippen LogP) is 2.69. The number of rotatable bonds is 7. The zero-order valence-electron chi connectivity index (χ0n) is 13.8. The predicted molar refractivity (Wildman–Crippen MR) is 85.0 cm³/mol. The number of aryl methyl sites for hydroxylation is 2. The van der Waals surface area contributed by atoms with Crippen molar-refractivity contribution in [1.29, 1.82) is 0 Å². The van der Waals surface area contributed by atoms with Gasteiger partial charge < -0.3 is 15.2 Å². The second kappa shape index (κ2) is 7.82. The molecule has 0 fully saturated rings. The maximum Gasteiger partial charge on any atom is 0.326 e. The molecule has 5 nitrogen and oxygen atoms in total. The van der Waals surface area contributed by atoms with Crippen LogP contribution in [0, 0.1) is 19.8 Å². The summed E-state index contributed by atoms with van der Waals surface area (Å²) in [6.07, 6.45) is -0.0886. The van der Waals surface area contributed by atoms with E-state index in [1.165, 1.54) is 0 Å². The number of hydrogen-bond acceptors (Lipinski definition) is 3. The number of benzene rings is 1. The highest BCUT2D eigenvalue weighted by Crippen LogP contribution is 2.23. The summed E-state index contributed by atoms with van der Waals surface area (Å²) in [5.41, 5.74) is 1.88. The van der Waals surface area contributed by atoms with Gasteiger partial charge in [-0.3, -0.25) is 4.79 Å². The first-order valence-corrected chi connectivity index (χ1v) is 7.54. The maximum absolute atomic E-state index is 12.2. The van der Waals surface area contributed by atoms with E-state index in [2.05, 4.69) is 5.32 Å². The van der Waals surface area contributed by atoms with E-state index in [0.29, 0.717) is 12.2 Å². The van der Waals surface area contributed by atoms with Crippen LogP contribution >= 0.6 is 0 Å².